The molecule has 1 fully saturated rings. The molecule has 0 aliphatic carbocycles. The fraction of sp³-hybridized carbons (Fsp3) is 0.471. The number of rotatable bonds is 4. The quantitative estimate of drug-likeness (QED) is 0.553. The van der Waals surface area contributed by atoms with Crippen molar-refractivity contribution in [2.24, 2.45) is 4.99 Å². The number of aryl methyl sites for hydroxylation is 1. The molecular formula is C17H22N4O4. The van der Waals surface area contributed by atoms with Crippen molar-refractivity contribution in [1.29, 1.82) is 0 Å². The van der Waals surface area contributed by atoms with Gasteiger partial charge in [-0.1, -0.05) is 6.07 Å². The molecule has 25 heavy (non-hydrogen) atoms. The van der Waals surface area contributed by atoms with Gasteiger partial charge in [-0.2, -0.15) is 4.98 Å². The van der Waals surface area contributed by atoms with E-state index in [-0.39, 0.29) is 6.61 Å². The Morgan fingerprint density at radius 2 is 2.24 bits per heavy atom. The van der Waals surface area contributed by atoms with E-state index in [1.807, 2.05) is 33.2 Å². The first-order valence-electron chi connectivity index (χ1n) is 8.08. The average Bonchev–Trinajstić information content (AvgIpc) is 2.93. The molecule has 134 valence electrons. The van der Waals surface area contributed by atoms with Gasteiger partial charge in [0.1, 0.15) is 6.10 Å². The van der Waals surface area contributed by atoms with Crippen LogP contribution in [-0.2, 0) is 4.74 Å². The van der Waals surface area contributed by atoms with Crippen LogP contribution >= 0.6 is 0 Å². The Morgan fingerprint density at radius 1 is 1.48 bits per heavy atom. The number of nitrogens with zero attached hydrogens (tertiary/aromatic N) is 3. The molecule has 0 amide bonds. The van der Waals surface area contributed by atoms with E-state index in [0.29, 0.717) is 23.1 Å². The number of aliphatic hydroxyl groups is 2. The fourth-order valence-electron chi connectivity index (χ4n) is 3.04. The highest BCUT2D eigenvalue weighted by Gasteiger charge is 2.35. The fourth-order valence-corrected chi connectivity index (χ4v) is 3.04. The normalized spacial score (nSPS) is 23.6. The van der Waals surface area contributed by atoms with Gasteiger partial charge >= 0.3 is 5.69 Å². The van der Waals surface area contributed by atoms with Gasteiger partial charge in [-0.3, -0.25) is 0 Å². The lowest BCUT2D eigenvalue weighted by Crippen LogP contribution is -2.24. The summed E-state index contributed by atoms with van der Waals surface area (Å²) in [6.45, 7) is 1.68. The number of aromatic amines is 1. The highest BCUT2D eigenvalue weighted by molar-refractivity contribution is 5.91. The van der Waals surface area contributed by atoms with Crippen LogP contribution in [0.25, 0.3) is 10.9 Å². The Bertz CT molecular complexity index is 862. The van der Waals surface area contributed by atoms with E-state index in [2.05, 4.69) is 15.0 Å². The molecule has 0 bridgehead atoms. The van der Waals surface area contributed by atoms with Crippen molar-refractivity contribution in [1.82, 2.24) is 14.9 Å². The number of benzene rings is 1. The van der Waals surface area contributed by atoms with E-state index in [0.717, 1.165) is 11.1 Å². The zero-order valence-corrected chi connectivity index (χ0v) is 14.4. The van der Waals surface area contributed by atoms with Crippen molar-refractivity contribution < 1.29 is 14.9 Å². The number of H-pyrrole nitrogens is 1. The number of fused-ring (bicyclic) bond motifs is 1. The van der Waals surface area contributed by atoms with Gasteiger partial charge in [-0.15, -0.1) is 0 Å². The summed E-state index contributed by atoms with van der Waals surface area (Å²) in [5, 5.41) is 20.0. The molecule has 8 heteroatoms. The van der Waals surface area contributed by atoms with Crippen LogP contribution in [0.1, 0.15) is 23.7 Å². The highest BCUT2D eigenvalue weighted by Crippen LogP contribution is 2.37. The molecule has 1 saturated heterocycles. The molecule has 2 aromatic rings. The predicted octanol–water partition coefficient (Wildman–Crippen LogP) is 0.636. The number of hydrogen-bond acceptors (Lipinski definition) is 6. The molecule has 0 saturated carbocycles. The van der Waals surface area contributed by atoms with Crippen LogP contribution in [0.4, 0.5) is 5.82 Å². The van der Waals surface area contributed by atoms with E-state index in [1.165, 1.54) is 0 Å². The van der Waals surface area contributed by atoms with E-state index >= 15 is 0 Å². The van der Waals surface area contributed by atoms with Crippen LogP contribution in [0.3, 0.4) is 0 Å². The average molecular weight is 346 g/mol. The van der Waals surface area contributed by atoms with Crippen molar-refractivity contribution in [3.05, 3.63) is 33.7 Å². The number of nitrogens with one attached hydrogen (secondary N) is 1. The van der Waals surface area contributed by atoms with Crippen molar-refractivity contribution in [2.45, 2.75) is 31.7 Å². The maximum Gasteiger partial charge on any atom is 0.347 e. The third-order valence-electron chi connectivity index (χ3n) is 4.16. The molecule has 0 unspecified atom stereocenters. The first-order valence-corrected chi connectivity index (χ1v) is 8.08. The summed E-state index contributed by atoms with van der Waals surface area (Å²) in [6, 6.07) is 3.81. The molecule has 1 aliphatic rings. The molecule has 3 rings (SSSR count). The topological polar surface area (TPSA) is 111 Å². The van der Waals surface area contributed by atoms with Gasteiger partial charge in [0.2, 0.25) is 0 Å². The molecule has 1 aromatic heterocycles. The third-order valence-corrected chi connectivity index (χ3v) is 4.16. The molecule has 8 nitrogen and oxygen atoms in total. The summed E-state index contributed by atoms with van der Waals surface area (Å²) in [5.41, 5.74) is 1.81. The number of hydrogen-bond donors (Lipinski definition) is 3. The van der Waals surface area contributed by atoms with Gasteiger partial charge in [0.05, 0.1) is 30.7 Å². The summed E-state index contributed by atoms with van der Waals surface area (Å²) in [4.78, 5) is 24.8. The van der Waals surface area contributed by atoms with Crippen molar-refractivity contribution in [2.75, 3.05) is 20.7 Å². The maximum atomic E-state index is 12.0. The van der Waals surface area contributed by atoms with E-state index in [9.17, 15) is 15.0 Å². The van der Waals surface area contributed by atoms with Gasteiger partial charge in [0, 0.05) is 31.5 Å². The zero-order chi connectivity index (χ0) is 18.1. The lowest BCUT2D eigenvalue weighted by molar-refractivity contribution is -0.0222. The Hall–Kier alpha value is -2.29. The maximum absolute atomic E-state index is 12.0. The summed E-state index contributed by atoms with van der Waals surface area (Å²) in [6.07, 6.45) is 0.148. The van der Waals surface area contributed by atoms with Crippen molar-refractivity contribution in [3.8, 4) is 0 Å². The Morgan fingerprint density at radius 3 is 2.88 bits per heavy atom. The first kappa shape index (κ1) is 17.5. The molecule has 1 aromatic carbocycles. The zero-order valence-electron chi connectivity index (χ0n) is 14.4. The smallest absolute Gasteiger partial charge is 0.347 e. The Kier molecular flexibility index (Phi) is 4.85. The lowest BCUT2D eigenvalue weighted by atomic mass is 9.99. The predicted molar refractivity (Wildman–Crippen MR) is 94.3 cm³/mol. The van der Waals surface area contributed by atoms with E-state index in [4.69, 9.17) is 4.74 Å². The standard InChI is InChI=1S/C17H22N4O4/c1-9-4-10(13-6-12(23)14(7-22)25-13)15-11(5-9)16(18-8-21(2)3)20-17(24)19-15/h4-5,8,12-14,22-23H,6-7H2,1-3H3,(H,19,20,24)/t12-,13+,14+/m0/s1. The van der Waals surface area contributed by atoms with E-state index in [1.54, 1.807) is 11.2 Å². The second-order valence-corrected chi connectivity index (χ2v) is 6.50. The van der Waals surface area contributed by atoms with Gasteiger partial charge in [0.25, 0.3) is 0 Å². The third kappa shape index (κ3) is 3.55. The molecule has 3 N–H and O–H groups in total. The minimum Gasteiger partial charge on any atom is -0.394 e. The summed E-state index contributed by atoms with van der Waals surface area (Å²) in [5.74, 6) is 0.328. The summed E-state index contributed by atoms with van der Waals surface area (Å²) in [7, 11) is 3.66. The Balaban J connectivity index is 2.16. The van der Waals surface area contributed by atoms with Crippen LogP contribution in [-0.4, -0.2) is 64.3 Å². The number of aromatic nitrogens is 2. The largest absolute Gasteiger partial charge is 0.394 e. The Labute approximate surface area is 144 Å². The van der Waals surface area contributed by atoms with Crippen LogP contribution in [0, 0.1) is 6.92 Å². The van der Waals surface area contributed by atoms with Gasteiger partial charge in [0.15, 0.2) is 5.82 Å². The van der Waals surface area contributed by atoms with E-state index < -0.39 is 24.0 Å². The highest BCUT2D eigenvalue weighted by atomic mass is 16.5. The molecule has 3 atom stereocenters. The number of aliphatic hydroxyl groups excluding tert-OH is 2. The molecule has 0 spiro atoms. The second kappa shape index (κ2) is 6.91. The minimum absolute atomic E-state index is 0.252. The second-order valence-electron chi connectivity index (χ2n) is 6.50. The van der Waals surface area contributed by atoms with Gasteiger partial charge in [-0.25, -0.2) is 9.79 Å². The van der Waals surface area contributed by atoms with Gasteiger partial charge in [-0.05, 0) is 18.6 Å². The summed E-state index contributed by atoms with van der Waals surface area (Å²) < 4.78 is 5.76. The molecular weight excluding hydrogens is 324 g/mol. The number of ether oxygens (including phenoxy) is 1. The first-order chi connectivity index (χ1) is 11.9. The molecule has 1 aliphatic heterocycles. The molecule has 2 heterocycles. The molecule has 0 radical (unpaired) electrons. The summed E-state index contributed by atoms with van der Waals surface area (Å²) >= 11 is 0. The SMILES string of the molecule is Cc1cc([C@H]2C[C@H](O)[C@@H](CO)O2)c2[nH]c(=O)nc(N=CN(C)C)c2c1. The van der Waals surface area contributed by atoms with Crippen molar-refractivity contribution >= 4 is 23.1 Å². The van der Waals surface area contributed by atoms with Crippen LogP contribution in [0.2, 0.25) is 0 Å². The van der Waals surface area contributed by atoms with Gasteiger partial charge < -0.3 is 24.8 Å². The van der Waals surface area contributed by atoms with Crippen LogP contribution < -0.4 is 5.69 Å². The van der Waals surface area contributed by atoms with Crippen molar-refractivity contribution in [3.63, 3.8) is 0 Å². The monoisotopic (exact) mass is 346 g/mol. The minimum atomic E-state index is -0.745. The van der Waals surface area contributed by atoms with Crippen LogP contribution in [0.5, 0.6) is 0 Å². The lowest BCUT2D eigenvalue weighted by Gasteiger charge is -2.16. The number of aliphatic imine (C=N–C) groups is 1. The van der Waals surface area contributed by atoms with Crippen LogP contribution in [0.15, 0.2) is 21.9 Å².